The Morgan fingerprint density at radius 2 is 1.84 bits per heavy atom. The first-order valence-corrected chi connectivity index (χ1v) is 6.40. The van der Waals surface area contributed by atoms with Crippen molar-refractivity contribution < 1.29 is 14.7 Å². The number of benzene rings is 1. The van der Waals surface area contributed by atoms with E-state index in [1.807, 2.05) is 39.8 Å². The molecule has 0 heterocycles. The summed E-state index contributed by atoms with van der Waals surface area (Å²) in [7, 11) is 0. The molecule has 4 nitrogen and oxygen atoms in total. The predicted octanol–water partition coefficient (Wildman–Crippen LogP) is 2.59. The van der Waals surface area contributed by atoms with Crippen LogP contribution in [0.2, 0.25) is 0 Å². The lowest BCUT2D eigenvalue weighted by Gasteiger charge is -2.17. The molecule has 0 fully saturated rings. The Labute approximate surface area is 113 Å². The number of carboxylic acid groups (broad SMARTS) is 1. The molecule has 0 aromatic heterocycles. The van der Waals surface area contributed by atoms with E-state index in [-0.39, 0.29) is 11.8 Å². The normalized spacial score (nSPS) is 12.3. The Bertz CT molecular complexity index is 480. The molecule has 0 saturated carbocycles. The topological polar surface area (TPSA) is 66.4 Å². The molecule has 0 bridgehead atoms. The predicted molar refractivity (Wildman–Crippen MR) is 73.9 cm³/mol. The molecule has 0 spiro atoms. The summed E-state index contributed by atoms with van der Waals surface area (Å²) >= 11 is 0. The molecule has 2 N–H and O–H groups in total. The lowest BCUT2D eigenvalue weighted by atomic mass is 10.0. The number of carbonyl (C=O) groups is 2. The summed E-state index contributed by atoms with van der Waals surface area (Å²) in [5.41, 5.74) is 2.72. The van der Waals surface area contributed by atoms with Gasteiger partial charge in [-0.2, -0.15) is 0 Å². The maximum atomic E-state index is 11.7. The third kappa shape index (κ3) is 4.39. The maximum absolute atomic E-state index is 11.7. The van der Waals surface area contributed by atoms with Gasteiger partial charge in [0.2, 0.25) is 5.91 Å². The zero-order chi connectivity index (χ0) is 14.6. The van der Waals surface area contributed by atoms with Gasteiger partial charge in [0.25, 0.3) is 0 Å². The zero-order valence-electron chi connectivity index (χ0n) is 11.9. The second-order valence-electron chi connectivity index (χ2n) is 5.28. The minimum atomic E-state index is -1.04. The van der Waals surface area contributed by atoms with Crippen LogP contribution in [0.1, 0.15) is 43.0 Å². The first kappa shape index (κ1) is 15.2. The van der Waals surface area contributed by atoms with Crippen LogP contribution in [0, 0.1) is 19.8 Å². The highest BCUT2D eigenvalue weighted by Gasteiger charge is 2.22. The van der Waals surface area contributed by atoms with Crippen LogP contribution >= 0.6 is 0 Å². The standard InChI is InChI=1S/C15H21NO3/c1-9(2)7-13(17)16-14(15(18)19)12-6-5-10(3)11(4)8-12/h5-6,8-9,14H,7H2,1-4H3,(H,16,17)(H,18,19). The highest BCUT2D eigenvalue weighted by atomic mass is 16.4. The number of hydrogen-bond acceptors (Lipinski definition) is 2. The Morgan fingerprint density at radius 1 is 1.21 bits per heavy atom. The number of nitrogens with one attached hydrogen (secondary N) is 1. The van der Waals surface area contributed by atoms with Crippen LogP contribution in [-0.2, 0) is 9.59 Å². The third-order valence-electron chi connectivity index (χ3n) is 3.01. The van der Waals surface area contributed by atoms with Crippen LogP contribution in [0.5, 0.6) is 0 Å². The molecule has 0 aliphatic rings. The molecule has 1 amide bonds. The Morgan fingerprint density at radius 3 is 2.32 bits per heavy atom. The van der Waals surface area contributed by atoms with Crippen LogP contribution in [-0.4, -0.2) is 17.0 Å². The maximum Gasteiger partial charge on any atom is 0.330 e. The van der Waals surface area contributed by atoms with Crippen molar-refractivity contribution in [2.45, 2.75) is 40.2 Å². The van der Waals surface area contributed by atoms with E-state index in [9.17, 15) is 14.7 Å². The Hall–Kier alpha value is -1.84. The summed E-state index contributed by atoms with van der Waals surface area (Å²) in [5.74, 6) is -1.07. The lowest BCUT2D eigenvalue weighted by molar-refractivity contribution is -0.142. The van der Waals surface area contributed by atoms with Crippen molar-refractivity contribution in [1.29, 1.82) is 0 Å². The van der Waals surface area contributed by atoms with E-state index in [4.69, 9.17) is 0 Å². The van der Waals surface area contributed by atoms with Crippen molar-refractivity contribution in [3.8, 4) is 0 Å². The van der Waals surface area contributed by atoms with Gasteiger partial charge in [0.1, 0.15) is 0 Å². The summed E-state index contributed by atoms with van der Waals surface area (Å²) in [6.07, 6.45) is 0.328. The van der Waals surface area contributed by atoms with Gasteiger partial charge in [0.15, 0.2) is 6.04 Å². The second-order valence-corrected chi connectivity index (χ2v) is 5.28. The van der Waals surface area contributed by atoms with Gasteiger partial charge in [-0.25, -0.2) is 4.79 Å². The molecule has 1 rings (SSSR count). The first-order chi connectivity index (χ1) is 8.81. The second kappa shape index (κ2) is 6.36. The van der Waals surface area contributed by atoms with Crippen molar-refractivity contribution in [2.75, 3.05) is 0 Å². The largest absolute Gasteiger partial charge is 0.479 e. The van der Waals surface area contributed by atoms with Crippen molar-refractivity contribution in [2.24, 2.45) is 5.92 Å². The lowest BCUT2D eigenvalue weighted by Crippen LogP contribution is -2.34. The van der Waals surface area contributed by atoms with Crippen LogP contribution in [0.4, 0.5) is 0 Å². The van der Waals surface area contributed by atoms with Crippen molar-refractivity contribution in [1.82, 2.24) is 5.32 Å². The molecule has 1 aromatic carbocycles. The average Bonchev–Trinajstić information content (AvgIpc) is 2.28. The van der Waals surface area contributed by atoms with Crippen LogP contribution in [0.3, 0.4) is 0 Å². The van der Waals surface area contributed by atoms with Crippen molar-refractivity contribution in [3.63, 3.8) is 0 Å². The van der Waals surface area contributed by atoms with Crippen LogP contribution in [0.25, 0.3) is 0 Å². The van der Waals surface area contributed by atoms with Gasteiger partial charge in [-0.1, -0.05) is 32.0 Å². The minimum Gasteiger partial charge on any atom is -0.479 e. The number of hydrogen-bond donors (Lipinski definition) is 2. The fraction of sp³-hybridized carbons (Fsp3) is 0.467. The highest BCUT2D eigenvalue weighted by molar-refractivity contribution is 5.84. The van der Waals surface area contributed by atoms with E-state index in [2.05, 4.69) is 5.32 Å². The first-order valence-electron chi connectivity index (χ1n) is 6.40. The summed E-state index contributed by atoms with van der Waals surface area (Å²) in [5, 5.41) is 11.8. The summed E-state index contributed by atoms with van der Waals surface area (Å²) in [6.45, 7) is 7.73. The van der Waals surface area contributed by atoms with E-state index in [1.54, 1.807) is 6.07 Å². The number of aryl methyl sites for hydroxylation is 2. The number of carbonyl (C=O) groups excluding carboxylic acids is 1. The molecule has 19 heavy (non-hydrogen) atoms. The number of rotatable bonds is 5. The molecular formula is C15H21NO3. The van der Waals surface area contributed by atoms with E-state index in [0.29, 0.717) is 12.0 Å². The van der Waals surface area contributed by atoms with Crippen LogP contribution in [0.15, 0.2) is 18.2 Å². The fourth-order valence-corrected chi connectivity index (χ4v) is 1.82. The van der Waals surface area contributed by atoms with Gasteiger partial charge in [-0.3, -0.25) is 4.79 Å². The van der Waals surface area contributed by atoms with E-state index in [0.717, 1.165) is 11.1 Å². The minimum absolute atomic E-state index is 0.203. The van der Waals surface area contributed by atoms with Gasteiger partial charge >= 0.3 is 5.97 Å². The summed E-state index contributed by atoms with van der Waals surface area (Å²) in [4.78, 5) is 23.0. The molecule has 4 heteroatoms. The van der Waals surface area contributed by atoms with Crippen molar-refractivity contribution >= 4 is 11.9 Å². The molecule has 1 unspecified atom stereocenters. The quantitative estimate of drug-likeness (QED) is 0.858. The monoisotopic (exact) mass is 263 g/mol. The van der Waals surface area contributed by atoms with Crippen LogP contribution < -0.4 is 5.32 Å². The molecule has 0 aliphatic heterocycles. The van der Waals surface area contributed by atoms with Gasteiger partial charge in [0, 0.05) is 6.42 Å². The molecule has 104 valence electrons. The highest BCUT2D eigenvalue weighted by Crippen LogP contribution is 2.18. The average molecular weight is 263 g/mol. The van der Waals surface area contributed by atoms with Gasteiger partial charge < -0.3 is 10.4 Å². The number of amides is 1. The molecule has 0 saturated heterocycles. The smallest absolute Gasteiger partial charge is 0.330 e. The molecular weight excluding hydrogens is 242 g/mol. The third-order valence-corrected chi connectivity index (χ3v) is 3.01. The molecule has 1 aromatic rings. The zero-order valence-corrected chi connectivity index (χ0v) is 11.9. The van der Waals surface area contributed by atoms with E-state index in [1.165, 1.54) is 0 Å². The van der Waals surface area contributed by atoms with Crippen molar-refractivity contribution in [3.05, 3.63) is 34.9 Å². The SMILES string of the molecule is Cc1ccc(C(NC(=O)CC(C)C)C(=O)O)cc1C. The number of aliphatic carboxylic acids is 1. The van der Waals surface area contributed by atoms with Gasteiger partial charge in [-0.05, 0) is 36.5 Å². The summed E-state index contributed by atoms with van der Waals surface area (Å²) in [6, 6.07) is 4.45. The van der Waals surface area contributed by atoms with Gasteiger partial charge in [-0.15, -0.1) is 0 Å². The molecule has 0 radical (unpaired) electrons. The Balaban J connectivity index is 2.91. The molecule has 0 aliphatic carbocycles. The van der Waals surface area contributed by atoms with Gasteiger partial charge in [0.05, 0.1) is 0 Å². The summed E-state index contributed by atoms with van der Waals surface area (Å²) < 4.78 is 0. The Kier molecular flexibility index (Phi) is 5.10. The van der Waals surface area contributed by atoms with E-state index < -0.39 is 12.0 Å². The fourth-order valence-electron chi connectivity index (χ4n) is 1.82. The number of carboxylic acids is 1. The molecule has 1 atom stereocenters. The van der Waals surface area contributed by atoms with E-state index >= 15 is 0 Å².